The van der Waals surface area contributed by atoms with Gasteiger partial charge in [0, 0.05) is 33.1 Å². The van der Waals surface area contributed by atoms with Gasteiger partial charge in [0.1, 0.15) is 24.2 Å². The van der Waals surface area contributed by atoms with Crippen LogP contribution < -0.4 is 10.1 Å². The maximum Gasteiger partial charge on any atom is 0.344 e. The third-order valence-electron chi connectivity index (χ3n) is 8.69. The second kappa shape index (κ2) is 28.2. The number of ether oxygens (including phenoxy) is 5. The molecule has 1 amide bonds. The Hall–Kier alpha value is -5.23. The highest BCUT2D eigenvalue weighted by atomic mass is 16.7. The maximum atomic E-state index is 14.0. The summed E-state index contributed by atoms with van der Waals surface area (Å²) in [4.78, 5) is 87.9. The highest BCUT2D eigenvalue weighted by Gasteiger charge is 2.50. The summed E-state index contributed by atoms with van der Waals surface area (Å²) in [6.07, 6.45) is 9.42. The van der Waals surface area contributed by atoms with Gasteiger partial charge in [-0.1, -0.05) is 75.7 Å². The highest BCUT2D eigenvalue weighted by Crippen LogP contribution is 2.27. The number of carbonyl (C=O) groups excluding carboxylic acids is 6. The molecule has 4 atom stereocenters. The van der Waals surface area contributed by atoms with Crippen LogP contribution in [0.25, 0.3) is 0 Å². The van der Waals surface area contributed by atoms with Crippen molar-refractivity contribution in [1.29, 1.82) is 0 Å². The van der Waals surface area contributed by atoms with Gasteiger partial charge >= 0.3 is 29.8 Å². The number of benzene rings is 1. The first kappa shape index (κ1) is 49.8. The van der Waals surface area contributed by atoms with E-state index in [0.29, 0.717) is 37.0 Å². The van der Waals surface area contributed by atoms with Crippen LogP contribution in [0.3, 0.4) is 0 Å². The summed E-state index contributed by atoms with van der Waals surface area (Å²) >= 11 is 0. The quantitative estimate of drug-likeness (QED) is 0.0244. The van der Waals surface area contributed by atoms with Crippen molar-refractivity contribution in [2.75, 3.05) is 20.3 Å². The fourth-order valence-electron chi connectivity index (χ4n) is 5.60. The van der Waals surface area contributed by atoms with E-state index in [1.807, 2.05) is 0 Å². The van der Waals surface area contributed by atoms with Gasteiger partial charge in [0.2, 0.25) is 12.2 Å². The minimum Gasteiger partial charge on any atom is -0.481 e. The molecule has 3 N–H and O–H groups in total. The van der Waals surface area contributed by atoms with Gasteiger partial charge in [-0.05, 0) is 50.3 Å². The number of aliphatic carboxylic acids is 1. The average Bonchev–Trinajstić information content (AvgIpc) is 3.15. The summed E-state index contributed by atoms with van der Waals surface area (Å²) in [6, 6.07) is 4.92. The molecule has 316 valence electrons. The first-order valence-electron chi connectivity index (χ1n) is 19.3. The Labute approximate surface area is 335 Å². The van der Waals surface area contributed by atoms with E-state index in [2.05, 4.69) is 28.8 Å². The second-order valence-electron chi connectivity index (χ2n) is 13.4. The number of carbonyl (C=O) groups is 7. The van der Waals surface area contributed by atoms with E-state index < -0.39 is 72.6 Å². The largest absolute Gasteiger partial charge is 0.481 e. The van der Waals surface area contributed by atoms with Gasteiger partial charge in [-0.3, -0.25) is 19.2 Å². The Kier molecular flexibility index (Phi) is 24.6. The zero-order valence-electron chi connectivity index (χ0n) is 33.8. The van der Waals surface area contributed by atoms with E-state index >= 15 is 0 Å². The zero-order valence-corrected chi connectivity index (χ0v) is 33.8. The molecule has 1 unspecified atom stereocenters. The molecule has 15 heteroatoms. The van der Waals surface area contributed by atoms with Crippen molar-refractivity contribution in [3.8, 4) is 17.6 Å². The van der Waals surface area contributed by atoms with Crippen LogP contribution in [-0.4, -0.2) is 90.0 Å². The normalized spacial score (nSPS) is 13.4. The number of amides is 1. The Balaban J connectivity index is 3.25. The monoisotopic (exact) mass is 801 g/mol. The number of unbranched alkanes of at least 4 members (excludes halogenated alkanes) is 8. The molecule has 0 aliphatic rings. The SMILES string of the molecule is CC#CCOc1ccc(C[C@H](NC(=O)[C@@H](/C=C/CCCCCCC(=O)CCCCCCC)[C@@](O)(CC(=O)OC(C)OC(C)=O)C(=O)O)C(=O)OCC(=O)OC)cc1. The van der Waals surface area contributed by atoms with Crippen LogP contribution in [0.15, 0.2) is 36.4 Å². The van der Waals surface area contributed by atoms with Gasteiger partial charge in [0.05, 0.1) is 19.4 Å². The van der Waals surface area contributed by atoms with Gasteiger partial charge < -0.3 is 39.2 Å². The molecule has 1 aromatic rings. The van der Waals surface area contributed by atoms with Crippen molar-refractivity contribution < 1.29 is 67.5 Å². The molecule has 15 nitrogen and oxygen atoms in total. The van der Waals surface area contributed by atoms with Crippen molar-refractivity contribution in [2.24, 2.45) is 5.92 Å². The van der Waals surface area contributed by atoms with Crippen molar-refractivity contribution in [1.82, 2.24) is 5.32 Å². The number of allylic oxidation sites excluding steroid dienone is 1. The van der Waals surface area contributed by atoms with E-state index in [0.717, 1.165) is 65.1 Å². The molecule has 57 heavy (non-hydrogen) atoms. The number of ketones is 1. The number of hydrogen-bond acceptors (Lipinski definition) is 13. The fourth-order valence-corrected chi connectivity index (χ4v) is 5.60. The number of methoxy groups -OCH3 is 1. The first-order valence-corrected chi connectivity index (χ1v) is 19.3. The summed E-state index contributed by atoms with van der Waals surface area (Å²) in [7, 11) is 1.09. The molecule has 0 spiro atoms. The van der Waals surface area contributed by atoms with Crippen molar-refractivity contribution in [3.05, 3.63) is 42.0 Å². The van der Waals surface area contributed by atoms with Crippen LogP contribution >= 0.6 is 0 Å². The second-order valence-corrected chi connectivity index (χ2v) is 13.4. The van der Waals surface area contributed by atoms with Gasteiger partial charge in [0.25, 0.3) is 0 Å². The minimum atomic E-state index is -3.11. The van der Waals surface area contributed by atoms with Crippen molar-refractivity contribution >= 4 is 41.5 Å². The molecule has 0 bridgehead atoms. The summed E-state index contributed by atoms with van der Waals surface area (Å²) in [6.45, 7) is 5.44. The molecule has 0 heterocycles. The molecule has 0 saturated carbocycles. The number of nitrogens with one attached hydrogen (secondary N) is 1. The maximum absolute atomic E-state index is 14.0. The number of Topliss-reactive ketones (excluding diaryl/α,β-unsaturated/α-hetero) is 1. The predicted molar refractivity (Wildman–Crippen MR) is 207 cm³/mol. The van der Waals surface area contributed by atoms with Crippen LogP contribution in [0.5, 0.6) is 5.75 Å². The molecule has 0 aliphatic heterocycles. The molecular formula is C42H59NO14. The van der Waals surface area contributed by atoms with Crippen LogP contribution in [-0.2, 0) is 58.9 Å². The number of aliphatic hydroxyl groups is 1. The van der Waals surface area contributed by atoms with E-state index in [1.165, 1.54) is 19.4 Å². The van der Waals surface area contributed by atoms with Crippen molar-refractivity contribution in [3.63, 3.8) is 0 Å². The van der Waals surface area contributed by atoms with Gasteiger partial charge in [-0.2, -0.15) is 0 Å². The lowest BCUT2D eigenvalue weighted by molar-refractivity contribution is -0.191. The minimum absolute atomic E-state index is 0.145. The number of esters is 4. The topological polar surface area (TPSA) is 218 Å². The number of hydrogen-bond donors (Lipinski definition) is 3. The lowest BCUT2D eigenvalue weighted by Crippen LogP contribution is -2.56. The predicted octanol–water partition coefficient (Wildman–Crippen LogP) is 4.93. The summed E-state index contributed by atoms with van der Waals surface area (Å²) in [5.74, 6) is -2.92. The molecule has 0 radical (unpaired) electrons. The first-order chi connectivity index (χ1) is 27.2. The number of carboxylic acids is 1. The van der Waals surface area contributed by atoms with Crippen LogP contribution in [0.2, 0.25) is 0 Å². The third kappa shape index (κ3) is 21.0. The lowest BCUT2D eigenvalue weighted by atomic mass is 9.82. The molecule has 0 aromatic heterocycles. The van der Waals surface area contributed by atoms with Gasteiger partial charge in [-0.25, -0.2) is 14.4 Å². The molecule has 0 aliphatic carbocycles. The summed E-state index contributed by atoms with van der Waals surface area (Å²) < 4.78 is 24.8. The van der Waals surface area contributed by atoms with E-state index in [4.69, 9.17) is 18.9 Å². The smallest absolute Gasteiger partial charge is 0.344 e. The highest BCUT2D eigenvalue weighted by molar-refractivity contribution is 5.95. The van der Waals surface area contributed by atoms with Crippen LogP contribution in [0.4, 0.5) is 0 Å². The van der Waals surface area contributed by atoms with Gasteiger partial charge in [0.15, 0.2) is 12.2 Å². The average molecular weight is 802 g/mol. The molecule has 1 aromatic carbocycles. The summed E-state index contributed by atoms with van der Waals surface area (Å²) in [5, 5.41) is 24.2. The fraction of sp³-hybridized carbons (Fsp3) is 0.595. The Bertz CT molecular complexity index is 1540. The van der Waals surface area contributed by atoms with E-state index in [-0.39, 0.29) is 18.8 Å². The molecular weight excluding hydrogens is 742 g/mol. The van der Waals surface area contributed by atoms with Crippen molar-refractivity contribution in [2.45, 2.75) is 136 Å². The Morgan fingerprint density at radius 3 is 2.11 bits per heavy atom. The van der Waals surface area contributed by atoms with Crippen LogP contribution in [0, 0.1) is 17.8 Å². The lowest BCUT2D eigenvalue weighted by Gasteiger charge is -2.30. The van der Waals surface area contributed by atoms with Crippen LogP contribution in [0.1, 0.15) is 117 Å². The van der Waals surface area contributed by atoms with E-state index in [9.17, 15) is 43.8 Å². The standard InChI is InChI=1S/C42H59NO14/c1-6-8-10-13-16-19-33(45)20-17-14-11-12-15-18-21-35(42(52,41(50)51)28-37(46)57-31(4)56-30(3)44)39(48)43-36(40(49)55-29-38(47)53-5)27-32-22-24-34(25-23-32)54-26-9-7-2/h18,21-25,31,35-36,52H,6,8,10-17,19-20,26-29H2,1-5H3,(H,43,48)(H,50,51)/b21-18+/t31?,35-,36+,42+/m1/s1. The van der Waals surface area contributed by atoms with E-state index in [1.54, 1.807) is 31.2 Å². The molecule has 0 fully saturated rings. The zero-order chi connectivity index (χ0) is 42.6. The summed E-state index contributed by atoms with van der Waals surface area (Å²) in [5.41, 5.74) is -2.60. The van der Waals surface area contributed by atoms with Gasteiger partial charge in [-0.15, -0.1) is 5.92 Å². The third-order valence-corrected chi connectivity index (χ3v) is 8.69. The number of carboxylic acid groups (broad SMARTS) is 1. The Morgan fingerprint density at radius 1 is 0.895 bits per heavy atom. The Morgan fingerprint density at radius 2 is 1.53 bits per heavy atom. The molecule has 1 rings (SSSR count). The molecule has 0 saturated heterocycles. The number of rotatable bonds is 29.